The maximum absolute atomic E-state index is 12.7. The molecular formula is C33H59N6O9P. The van der Waals surface area contributed by atoms with Crippen molar-refractivity contribution in [1.82, 2.24) is 14.9 Å². The Hall–Kier alpha value is -2.51. The molecule has 2 rings (SSSR count). The molecule has 0 aromatic carbocycles. The third-order valence-corrected chi connectivity index (χ3v) is 9.57. The van der Waals surface area contributed by atoms with Gasteiger partial charge in [0.15, 0.2) is 0 Å². The van der Waals surface area contributed by atoms with Crippen LogP contribution in [-0.2, 0) is 27.9 Å². The monoisotopic (exact) mass is 714 g/mol. The van der Waals surface area contributed by atoms with Gasteiger partial charge in [0.25, 0.3) is 5.56 Å². The van der Waals surface area contributed by atoms with Crippen LogP contribution in [0.1, 0.15) is 135 Å². The van der Waals surface area contributed by atoms with Crippen LogP contribution in [0.3, 0.4) is 0 Å². The van der Waals surface area contributed by atoms with E-state index in [2.05, 4.69) is 27.3 Å². The molecule has 280 valence electrons. The molecule has 0 radical (unpaired) electrons. The van der Waals surface area contributed by atoms with Crippen LogP contribution in [0.4, 0.5) is 0 Å². The van der Waals surface area contributed by atoms with Gasteiger partial charge in [0, 0.05) is 42.7 Å². The second kappa shape index (κ2) is 24.6. The summed E-state index contributed by atoms with van der Waals surface area (Å²) in [5.74, 6) is -0.114. The Bertz CT molecular complexity index is 1300. The van der Waals surface area contributed by atoms with Crippen molar-refractivity contribution in [2.45, 2.75) is 154 Å². The second-order valence-electron chi connectivity index (χ2n) is 12.8. The largest absolute Gasteiger partial charge is 0.472 e. The molecule has 0 spiro atoms. The number of rotatable bonds is 28. The molecule has 15 nitrogen and oxygen atoms in total. The van der Waals surface area contributed by atoms with E-state index in [4.69, 9.17) is 24.1 Å². The summed E-state index contributed by atoms with van der Waals surface area (Å²) in [6.07, 6.45) is 18.1. The first-order valence-electron chi connectivity index (χ1n) is 18.1. The van der Waals surface area contributed by atoms with Crippen molar-refractivity contribution in [2.24, 2.45) is 5.11 Å². The Morgan fingerprint density at radius 3 is 2.22 bits per heavy atom. The Balaban J connectivity index is 1.63. The lowest BCUT2D eigenvalue weighted by Gasteiger charge is -2.21. The average molecular weight is 715 g/mol. The van der Waals surface area contributed by atoms with E-state index in [0.29, 0.717) is 13.0 Å². The first-order valence-corrected chi connectivity index (χ1v) is 19.6. The maximum atomic E-state index is 12.7. The minimum absolute atomic E-state index is 0.0750. The molecule has 0 bridgehead atoms. The molecule has 0 aliphatic carbocycles. The molecule has 3 N–H and O–H groups in total. The third-order valence-electron chi connectivity index (χ3n) is 8.62. The summed E-state index contributed by atoms with van der Waals surface area (Å²) in [7, 11) is -4.60. The van der Waals surface area contributed by atoms with E-state index >= 15 is 0 Å². The molecule has 1 saturated heterocycles. The second-order valence-corrected chi connectivity index (χ2v) is 14.2. The topological polar surface area (TPSA) is 207 Å². The van der Waals surface area contributed by atoms with Crippen molar-refractivity contribution in [2.75, 3.05) is 26.4 Å². The van der Waals surface area contributed by atoms with Crippen molar-refractivity contribution < 1.29 is 32.8 Å². The zero-order chi connectivity index (χ0) is 35.9. The highest BCUT2D eigenvalue weighted by molar-refractivity contribution is 7.47. The SMILES string of the molecule is CCCCCCCCCCCCCCCCCC(=O)NCC(COP(=O)(O)OC[C@H]1O[C@@H](n2cc(C)c(=O)[nH]c2=O)CC1N=[N+]=[N-])OCC. The molecule has 2 heterocycles. The first-order chi connectivity index (χ1) is 23.6. The van der Waals surface area contributed by atoms with E-state index in [-0.39, 0.29) is 31.0 Å². The van der Waals surface area contributed by atoms with Crippen molar-refractivity contribution in [3.8, 4) is 0 Å². The number of unbranched alkanes of at least 4 members (excludes halogenated alkanes) is 14. The number of azide groups is 1. The number of hydrogen-bond donors (Lipinski definition) is 3. The lowest BCUT2D eigenvalue weighted by atomic mass is 10.0. The normalized spacial score (nSPS) is 19.3. The number of phosphoric ester groups is 1. The summed E-state index contributed by atoms with van der Waals surface area (Å²) < 4.78 is 35.5. The van der Waals surface area contributed by atoms with Crippen molar-refractivity contribution in [3.63, 3.8) is 0 Å². The van der Waals surface area contributed by atoms with E-state index in [1.165, 1.54) is 90.2 Å². The maximum Gasteiger partial charge on any atom is 0.472 e. The van der Waals surface area contributed by atoms with Gasteiger partial charge >= 0.3 is 13.5 Å². The van der Waals surface area contributed by atoms with E-state index in [1.54, 1.807) is 6.92 Å². The summed E-state index contributed by atoms with van der Waals surface area (Å²) in [6, 6.07) is -0.815. The fraction of sp³-hybridized carbons (Fsp3) is 0.848. The van der Waals surface area contributed by atoms with Crippen LogP contribution in [0.5, 0.6) is 0 Å². The Kier molecular flexibility index (Phi) is 21.4. The number of ether oxygens (including phenoxy) is 2. The van der Waals surface area contributed by atoms with Crippen LogP contribution in [0.2, 0.25) is 0 Å². The molecule has 1 amide bonds. The highest BCUT2D eigenvalue weighted by Crippen LogP contribution is 2.44. The molecule has 1 aliphatic heterocycles. The third kappa shape index (κ3) is 17.8. The minimum atomic E-state index is -4.60. The molecule has 49 heavy (non-hydrogen) atoms. The Labute approximate surface area is 290 Å². The van der Waals surface area contributed by atoms with Gasteiger partial charge in [-0.15, -0.1) is 0 Å². The fourth-order valence-electron chi connectivity index (χ4n) is 5.78. The van der Waals surface area contributed by atoms with E-state index < -0.39 is 50.2 Å². The highest BCUT2D eigenvalue weighted by Gasteiger charge is 2.38. The molecule has 1 fully saturated rings. The lowest BCUT2D eigenvalue weighted by molar-refractivity contribution is -0.122. The zero-order valence-electron chi connectivity index (χ0n) is 29.7. The molecular weight excluding hydrogens is 655 g/mol. The number of nitrogens with one attached hydrogen (secondary N) is 2. The van der Waals surface area contributed by atoms with Gasteiger partial charge in [-0.1, -0.05) is 102 Å². The molecule has 0 saturated carbocycles. The first kappa shape index (κ1) is 42.7. The Morgan fingerprint density at radius 2 is 1.65 bits per heavy atom. The molecule has 1 aromatic heterocycles. The standard InChI is InChI=1S/C33H59N6O9P/c1-4-6-7-8-9-10-11-12-13-14-15-16-17-18-19-20-30(40)35-22-27(45-5-2)24-46-49(43,44)47-25-29-28(37-38-34)21-31(48-29)39-23-26(3)32(41)36-33(39)42/h23,27-29,31H,4-22,24-25H2,1-3H3,(H,35,40)(H,43,44)(H,36,41,42)/t27?,28?,29-,31-/m1/s1. The van der Waals surface area contributed by atoms with Crippen LogP contribution in [0.25, 0.3) is 10.4 Å². The van der Waals surface area contributed by atoms with Crippen molar-refractivity contribution in [3.05, 3.63) is 43.0 Å². The van der Waals surface area contributed by atoms with Gasteiger partial charge in [-0.2, -0.15) is 0 Å². The van der Waals surface area contributed by atoms with Crippen molar-refractivity contribution in [1.29, 1.82) is 0 Å². The van der Waals surface area contributed by atoms with E-state index in [9.17, 15) is 23.8 Å². The van der Waals surface area contributed by atoms with E-state index in [0.717, 1.165) is 23.8 Å². The number of phosphoric acid groups is 1. The number of hydrogen-bond acceptors (Lipinski definition) is 9. The summed E-state index contributed by atoms with van der Waals surface area (Å²) in [6.45, 7) is 5.15. The Morgan fingerprint density at radius 1 is 1.06 bits per heavy atom. The number of carbonyl (C=O) groups excluding carboxylic acids is 1. The summed E-state index contributed by atoms with van der Waals surface area (Å²) in [5, 5.41) is 6.48. The van der Waals surface area contributed by atoms with Gasteiger partial charge in [0.05, 0.1) is 31.5 Å². The van der Waals surface area contributed by atoms with Crippen molar-refractivity contribution >= 4 is 13.7 Å². The predicted molar refractivity (Wildman–Crippen MR) is 187 cm³/mol. The van der Waals surface area contributed by atoms with Crippen LogP contribution in [0.15, 0.2) is 20.9 Å². The highest BCUT2D eigenvalue weighted by atomic mass is 31.2. The van der Waals surface area contributed by atoms with Crippen LogP contribution >= 0.6 is 7.82 Å². The number of aromatic nitrogens is 2. The van der Waals surface area contributed by atoms with Gasteiger partial charge in [-0.05, 0) is 25.8 Å². The zero-order valence-corrected chi connectivity index (χ0v) is 30.6. The molecule has 3 unspecified atom stereocenters. The number of nitrogens with zero attached hydrogens (tertiary/aromatic N) is 4. The quantitative estimate of drug-likeness (QED) is 0.0276. The number of aryl methyl sites for hydroxylation is 1. The molecule has 16 heteroatoms. The van der Waals surface area contributed by atoms with Gasteiger partial charge in [0.1, 0.15) is 6.23 Å². The smallest absolute Gasteiger partial charge is 0.374 e. The molecule has 1 aromatic rings. The predicted octanol–water partition coefficient (Wildman–Crippen LogP) is 6.73. The fourth-order valence-corrected chi connectivity index (χ4v) is 6.55. The van der Waals surface area contributed by atoms with Gasteiger partial charge in [0.2, 0.25) is 5.91 Å². The minimum Gasteiger partial charge on any atom is -0.374 e. The number of aromatic amines is 1. The number of amides is 1. The summed E-state index contributed by atoms with van der Waals surface area (Å²) in [4.78, 5) is 51.7. The van der Waals surface area contributed by atoms with Crippen LogP contribution in [-0.4, -0.2) is 65.0 Å². The average Bonchev–Trinajstić information content (AvgIpc) is 3.47. The van der Waals surface area contributed by atoms with Crippen LogP contribution in [0, 0.1) is 6.92 Å². The molecule has 1 aliphatic rings. The summed E-state index contributed by atoms with van der Waals surface area (Å²) >= 11 is 0. The van der Waals surface area contributed by atoms with Gasteiger partial charge < -0.3 is 19.7 Å². The number of H-pyrrole nitrogens is 1. The van der Waals surface area contributed by atoms with Gasteiger partial charge in [-0.3, -0.25) is 28.2 Å². The summed E-state index contributed by atoms with van der Waals surface area (Å²) in [5.41, 5.74) is 8.01. The lowest BCUT2D eigenvalue weighted by Crippen LogP contribution is -2.36. The van der Waals surface area contributed by atoms with Crippen LogP contribution < -0.4 is 16.6 Å². The number of carbonyl (C=O) groups is 1. The van der Waals surface area contributed by atoms with E-state index in [1.807, 2.05) is 0 Å². The van der Waals surface area contributed by atoms with Gasteiger partial charge in [-0.25, -0.2) is 9.36 Å². The molecule has 5 atom stereocenters.